The summed E-state index contributed by atoms with van der Waals surface area (Å²) in [6, 6.07) is 16.4. The number of nitrogens with one attached hydrogen (secondary N) is 1. The van der Waals surface area contributed by atoms with E-state index in [0.717, 1.165) is 0 Å². The summed E-state index contributed by atoms with van der Waals surface area (Å²) in [6.07, 6.45) is 1.38. The molecule has 0 radical (unpaired) electrons. The van der Waals surface area contributed by atoms with Gasteiger partial charge >= 0.3 is 5.97 Å². The average molecular weight is 431 g/mol. The Balaban J connectivity index is 1.60. The molecule has 1 N–H and O–H groups in total. The highest BCUT2D eigenvalue weighted by Gasteiger charge is 2.13. The number of hydrazone groups is 1. The van der Waals surface area contributed by atoms with E-state index in [9.17, 15) is 14.0 Å². The summed E-state index contributed by atoms with van der Waals surface area (Å²) in [7, 11) is 0. The maximum atomic E-state index is 13.5. The molecule has 0 aliphatic rings. The van der Waals surface area contributed by atoms with Crippen LogP contribution >= 0.6 is 23.2 Å². The first kappa shape index (κ1) is 20.5. The van der Waals surface area contributed by atoms with Gasteiger partial charge < -0.3 is 4.74 Å². The van der Waals surface area contributed by atoms with Gasteiger partial charge in [-0.3, -0.25) is 4.79 Å². The van der Waals surface area contributed by atoms with Gasteiger partial charge in [0.1, 0.15) is 11.6 Å². The molecule has 8 heteroatoms. The second kappa shape index (κ2) is 9.32. The Morgan fingerprint density at radius 1 is 0.966 bits per heavy atom. The van der Waals surface area contributed by atoms with Crippen LogP contribution in [0.25, 0.3) is 0 Å². The van der Waals surface area contributed by atoms with E-state index in [1.807, 2.05) is 0 Å². The van der Waals surface area contributed by atoms with E-state index >= 15 is 0 Å². The van der Waals surface area contributed by atoms with Gasteiger partial charge in [-0.05, 0) is 60.2 Å². The van der Waals surface area contributed by atoms with Crippen LogP contribution in [-0.2, 0) is 0 Å². The molecule has 3 aromatic carbocycles. The molecule has 3 rings (SSSR count). The van der Waals surface area contributed by atoms with Crippen molar-refractivity contribution in [3.63, 3.8) is 0 Å². The number of benzene rings is 3. The summed E-state index contributed by atoms with van der Waals surface area (Å²) in [5, 5.41) is 4.39. The number of carbonyl (C=O) groups excluding carboxylic acids is 2. The topological polar surface area (TPSA) is 67.8 Å². The molecular formula is C21H13Cl2FN2O3. The molecule has 0 fully saturated rings. The van der Waals surface area contributed by atoms with Crippen molar-refractivity contribution in [3.8, 4) is 5.75 Å². The van der Waals surface area contributed by atoms with Gasteiger partial charge in [0.05, 0.1) is 22.4 Å². The Morgan fingerprint density at radius 3 is 2.38 bits per heavy atom. The van der Waals surface area contributed by atoms with E-state index in [-0.39, 0.29) is 16.1 Å². The van der Waals surface area contributed by atoms with Gasteiger partial charge in [0, 0.05) is 5.02 Å². The van der Waals surface area contributed by atoms with Crippen LogP contribution in [0.15, 0.2) is 71.8 Å². The van der Waals surface area contributed by atoms with E-state index in [2.05, 4.69) is 10.5 Å². The number of halogens is 3. The van der Waals surface area contributed by atoms with Crippen molar-refractivity contribution in [2.24, 2.45) is 5.10 Å². The molecule has 1 amide bonds. The Morgan fingerprint density at radius 2 is 1.69 bits per heavy atom. The lowest BCUT2D eigenvalue weighted by atomic mass is 10.2. The van der Waals surface area contributed by atoms with Crippen LogP contribution in [0.2, 0.25) is 10.0 Å². The molecule has 29 heavy (non-hydrogen) atoms. The fraction of sp³-hybridized carbons (Fsp3) is 0. The fourth-order valence-electron chi connectivity index (χ4n) is 2.31. The van der Waals surface area contributed by atoms with Crippen LogP contribution in [0.5, 0.6) is 5.75 Å². The number of amides is 1. The molecule has 0 spiro atoms. The molecule has 0 saturated carbocycles. The molecule has 0 atom stereocenters. The summed E-state index contributed by atoms with van der Waals surface area (Å²) in [5.74, 6) is -1.62. The molecule has 0 aliphatic heterocycles. The van der Waals surface area contributed by atoms with Crippen molar-refractivity contribution < 1.29 is 18.7 Å². The largest absolute Gasteiger partial charge is 0.423 e. The zero-order valence-electron chi connectivity index (χ0n) is 14.7. The van der Waals surface area contributed by atoms with E-state index < -0.39 is 17.7 Å². The predicted octanol–water partition coefficient (Wildman–Crippen LogP) is 5.12. The molecule has 0 saturated heterocycles. The van der Waals surface area contributed by atoms with Gasteiger partial charge in [-0.15, -0.1) is 0 Å². The summed E-state index contributed by atoms with van der Waals surface area (Å²) >= 11 is 11.8. The van der Waals surface area contributed by atoms with E-state index in [1.165, 1.54) is 36.5 Å². The first-order valence-electron chi connectivity index (χ1n) is 8.29. The molecule has 146 valence electrons. The second-order valence-corrected chi connectivity index (χ2v) is 6.61. The van der Waals surface area contributed by atoms with Crippen molar-refractivity contribution in [3.05, 3.63) is 99.3 Å². The van der Waals surface area contributed by atoms with Gasteiger partial charge in [-0.2, -0.15) is 5.10 Å². The maximum absolute atomic E-state index is 13.5. The normalized spacial score (nSPS) is 10.7. The quantitative estimate of drug-likeness (QED) is 0.264. The standard InChI is InChI=1S/C21H13Cl2FN2O3/c22-14-7-10-16(18(23)11-14)21(28)29-15-8-5-13(6-9-15)12-25-26-20(27)17-3-1-2-4-19(17)24/h1-12H,(H,26,27). The van der Waals surface area contributed by atoms with Crippen LogP contribution in [0.4, 0.5) is 4.39 Å². The third-order valence-corrected chi connectivity index (χ3v) is 4.29. The van der Waals surface area contributed by atoms with Crippen LogP contribution in [-0.4, -0.2) is 18.1 Å². The van der Waals surface area contributed by atoms with E-state index in [0.29, 0.717) is 16.3 Å². The third kappa shape index (κ3) is 5.40. The molecule has 0 aromatic heterocycles. The lowest BCUT2D eigenvalue weighted by Crippen LogP contribution is -2.18. The van der Waals surface area contributed by atoms with Gasteiger partial charge in [0.2, 0.25) is 0 Å². The molecule has 0 aliphatic carbocycles. The summed E-state index contributed by atoms with van der Waals surface area (Å²) in [5.41, 5.74) is 2.96. The highest BCUT2D eigenvalue weighted by molar-refractivity contribution is 6.36. The minimum atomic E-state index is -0.662. The number of carbonyl (C=O) groups is 2. The van der Waals surface area contributed by atoms with Crippen LogP contribution in [0, 0.1) is 5.82 Å². The molecule has 0 unspecified atom stereocenters. The maximum Gasteiger partial charge on any atom is 0.345 e. The molecule has 0 heterocycles. The summed E-state index contributed by atoms with van der Waals surface area (Å²) < 4.78 is 18.8. The Kier molecular flexibility index (Phi) is 6.59. The first-order chi connectivity index (χ1) is 13.9. The van der Waals surface area contributed by atoms with Crippen molar-refractivity contribution in [1.29, 1.82) is 0 Å². The van der Waals surface area contributed by atoms with Gasteiger partial charge in [-0.1, -0.05) is 35.3 Å². The second-order valence-electron chi connectivity index (χ2n) is 5.76. The summed E-state index contributed by atoms with van der Waals surface area (Å²) in [6.45, 7) is 0. The highest BCUT2D eigenvalue weighted by Crippen LogP contribution is 2.23. The number of ether oxygens (including phenoxy) is 1. The van der Waals surface area contributed by atoms with Crippen LogP contribution in [0.3, 0.4) is 0 Å². The molecular weight excluding hydrogens is 418 g/mol. The van der Waals surface area contributed by atoms with Crippen molar-refractivity contribution in [1.82, 2.24) is 5.43 Å². The average Bonchev–Trinajstić information content (AvgIpc) is 2.69. The Labute approximate surface area is 175 Å². The minimum absolute atomic E-state index is 0.104. The monoisotopic (exact) mass is 430 g/mol. The number of hydrogen-bond donors (Lipinski definition) is 1. The number of rotatable bonds is 5. The molecule has 5 nitrogen and oxygen atoms in total. The Hall–Kier alpha value is -3.22. The van der Waals surface area contributed by atoms with E-state index in [1.54, 1.807) is 36.4 Å². The predicted molar refractivity (Wildman–Crippen MR) is 109 cm³/mol. The van der Waals surface area contributed by atoms with Crippen molar-refractivity contribution in [2.45, 2.75) is 0 Å². The van der Waals surface area contributed by atoms with Crippen molar-refractivity contribution >= 4 is 41.3 Å². The number of esters is 1. The Bertz CT molecular complexity index is 1090. The minimum Gasteiger partial charge on any atom is -0.423 e. The lowest BCUT2D eigenvalue weighted by Gasteiger charge is -2.06. The fourth-order valence-corrected chi connectivity index (χ4v) is 2.80. The molecule has 0 bridgehead atoms. The number of hydrogen-bond acceptors (Lipinski definition) is 4. The smallest absolute Gasteiger partial charge is 0.345 e. The third-order valence-electron chi connectivity index (χ3n) is 3.74. The van der Waals surface area contributed by atoms with Gasteiger partial charge in [0.25, 0.3) is 5.91 Å². The van der Waals surface area contributed by atoms with E-state index in [4.69, 9.17) is 27.9 Å². The number of nitrogens with zero attached hydrogens (tertiary/aromatic N) is 1. The SMILES string of the molecule is O=C(NN=Cc1ccc(OC(=O)c2ccc(Cl)cc2Cl)cc1)c1ccccc1F. The van der Waals surface area contributed by atoms with Crippen molar-refractivity contribution in [2.75, 3.05) is 0 Å². The zero-order chi connectivity index (χ0) is 20.8. The highest BCUT2D eigenvalue weighted by atomic mass is 35.5. The van der Waals surface area contributed by atoms with Gasteiger partial charge in [-0.25, -0.2) is 14.6 Å². The van der Waals surface area contributed by atoms with Crippen LogP contribution < -0.4 is 10.2 Å². The molecule has 3 aromatic rings. The van der Waals surface area contributed by atoms with Crippen LogP contribution in [0.1, 0.15) is 26.3 Å². The van der Waals surface area contributed by atoms with Gasteiger partial charge in [0.15, 0.2) is 0 Å². The lowest BCUT2D eigenvalue weighted by molar-refractivity contribution is 0.0734. The zero-order valence-corrected chi connectivity index (χ0v) is 16.2. The first-order valence-corrected chi connectivity index (χ1v) is 9.05. The summed E-state index contributed by atoms with van der Waals surface area (Å²) in [4.78, 5) is 24.1.